The van der Waals surface area contributed by atoms with Crippen LogP contribution in [0.25, 0.3) is 0 Å². The molecule has 2 amide bonds. The van der Waals surface area contributed by atoms with Gasteiger partial charge in [0.2, 0.25) is 0 Å². The number of rotatable bonds is 5. The molecular weight excluding hydrogens is 340 g/mol. The van der Waals surface area contributed by atoms with E-state index in [1.807, 2.05) is 10.7 Å². The molecule has 1 aromatic heterocycles. The van der Waals surface area contributed by atoms with Crippen LogP contribution in [0.3, 0.4) is 0 Å². The fourth-order valence-corrected chi connectivity index (χ4v) is 3.82. The lowest BCUT2D eigenvalue weighted by atomic mass is 10.0. The van der Waals surface area contributed by atoms with Crippen molar-refractivity contribution in [2.75, 3.05) is 31.1 Å². The normalized spacial score (nSPS) is 20.1. The van der Waals surface area contributed by atoms with Crippen LogP contribution in [0.1, 0.15) is 24.4 Å². The Labute approximate surface area is 150 Å². The molecule has 0 aliphatic carbocycles. The zero-order chi connectivity index (χ0) is 18.1. The number of anilines is 1. The van der Waals surface area contributed by atoms with Crippen LogP contribution in [-0.2, 0) is 6.54 Å². The van der Waals surface area contributed by atoms with Crippen molar-refractivity contribution in [2.45, 2.75) is 25.4 Å². The van der Waals surface area contributed by atoms with E-state index in [9.17, 15) is 13.6 Å². The van der Waals surface area contributed by atoms with Gasteiger partial charge in [-0.1, -0.05) is 0 Å². The second-order valence-corrected chi connectivity index (χ2v) is 6.65. The van der Waals surface area contributed by atoms with E-state index in [1.54, 1.807) is 11.1 Å². The van der Waals surface area contributed by atoms with Gasteiger partial charge in [-0.2, -0.15) is 5.10 Å². The highest BCUT2D eigenvalue weighted by molar-refractivity contribution is 5.76. The van der Waals surface area contributed by atoms with E-state index in [0.717, 1.165) is 31.3 Å². The van der Waals surface area contributed by atoms with Crippen LogP contribution >= 0.6 is 0 Å². The van der Waals surface area contributed by atoms with Crippen LogP contribution in [0.15, 0.2) is 30.5 Å². The predicted octanol–water partition coefficient (Wildman–Crippen LogP) is 2.53. The van der Waals surface area contributed by atoms with Crippen LogP contribution in [0.4, 0.5) is 19.4 Å². The first-order valence-electron chi connectivity index (χ1n) is 8.89. The summed E-state index contributed by atoms with van der Waals surface area (Å²) >= 11 is 0. The summed E-state index contributed by atoms with van der Waals surface area (Å²) in [6.07, 6.45) is 3.37. The predicted molar refractivity (Wildman–Crippen MR) is 92.9 cm³/mol. The Kier molecular flexibility index (Phi) is 4.48. The SMILES string of the molecule is O=C1NCCN1CCn1nccc1N1CCCC1c1cc(F)ccc1F. The van der Waals surface area contributed by atoms with Gasteiger partial charge >= 0.3 is 6.03 Å². The van der Waals surface area contributed by atoms with Gasteiger partial charge in [-0.15, -0.1) is 0 Å². The molecule has 6 nitrogen and oxygen atoms in total. The standard InChI is InChI=1S/C18H21F2N5O/c19-13-3-4-15(20)14(12-13)16-2-1-8-24(16)17-5-6-22-25(17)11-10-23-9-7-21-18(23)26/h3-6,12,16H,1-2,7-11H2,(H,21,26). The average molecular weight is 361 g/mol. The molecule has 1 aromatic carbocycles. The summed E-state index contributed by atoms with van der Waals surface area (Å²) in [6.45, 7) is 3.24. The number of halogens is 2. The fourth-order valence-electron chi connectivity index (χ4n) is 3.82. The molecule has 138 valence electrons. The van der Waals surface area contributed by atoms with Gasteiger partial charge in [-0.05, 0) is 31.0 Å². The molecule has 1 atom stereocenters. The molecule has 0 bridgehead atoms. The lowest BCUT2D eigenvalue weighted by Gasteiger charge is -2.28. The number of urea groups is 1. The monoisotopic (exact) mass is 361 g/mol. The summed E-state index contributed by atoms with van der Waals surface area (Å²) in [5.41, 5.74) is 0.383. The van der Waals surface area contributed by atoms with Crippen molar-refractivity contribution in [2.24, 2.45) is 0 Å². The lowest BCUT2D eigenvalue weighted by Crippen LogP contribution is -2.32. The van der Waals surface area contributed by atoms with Crippen LogP contribution < -0.4 is 10.2 Å². The number of amides is 2. The average Bonchev–Trinajstić information content (AvgIpc) is 3.35. The number of benzene rings is 1. The lowest BCUT2D eigenvalue weighted by molar-refractivity contribution is 0.215. The molecule has 26 heavy (non-hydrogen) atoms. The first-order chi connectivity index (χ1) is 12.6. The third kappa shape index (κ3) is 3.11. The quantitative estimate of drug-likeness (QED) is 0.890. The molecule has 3 heterocycles. The summed E-state index contributed by atoms with van der Waals surface area (Å²) in [4.78, 5) is 15.5. The minimum atomic E-state index is -0.429. The molecule has 0 spiro atoms. The molecular formula is C18H21F2N5O. The van der Waals surface area contributed by atoms with Gasteiger partial charge < -0.3 is 15.1 Å². The Morgan fingerprint density at radius 3 is 2.88 bits per heavy atom. The summed E-state index contributed by atoms with van der Waals surface area (Å²) in [5, 5.41) is 7.14. The fraction of sp³-hybridized carbons (Fsp3) is 0.444. The van der Waals surface area contributed by atoms with Gasteiger partial charge in [0.15, 0.2) is 0 Å². The van der Waals surface area contributed by atoms with Gasteiger partial charge in [0.25, 0.3) is 0 Å². The Bertz CT molecular complexity index is 809. The van der Waals surface area contributed by atoms with Crippen LogP contribution in [0.2, 0.25) is 0 Å². The molecule has 2 saturated heterocycles. The molecule has 2 aliphatic rings. The Balaban J connectivity index is 1.54. The highest BCUT2D eigenvalue weighted by atomic mass is 19.1. The minimum absolute atomic E-state index is 0.0559. The van der Waals surface area contributed by atoms with Crippen molar-refractivity contribution >= 4 is 11.8 Å². The smallest absolute Gasteiger partial charge is 0.317 e. The summed E-state index contributed by atoms with van der Waals surface area (Å²) in [7, 11) is 0. The van der Waals surface area contributed by atoms with Gasteiger partial charge in [-0.25, -0.2) is 18.3 Å². The van der Waals surface area contributed by atoms with E-state index in [4.69, 9.17) is 0 Å². The van der Waals surface area contributed by atoms with Gasteiger partial charge in [0.1, 0.15) is 17.5 Å². The molecule has 0 radical (unpaired) electrons. The largest absolute Gasteiger partial charge is 0.350 e. The van der Waals surface area contributed by atoms with E-state index < -0.39 is 5.82 Å². The second kappa shape index (κ2) is 6.93. The Morgan fingerprint density at radius 1 is 1.19 bits per heavy atom. The Hall–Kier alpha value is -2.64. The maximum absolute atomic E-state index is 14.3. The highest BCUT2D eigenvalue weighted by Crippen LogP contribution is 2.37. The molecule has 4 rings (SSSR count). The third-order valence-electron chi connectivity index (χ3n) is 5.09. The number of aromatic nitrogens is 2. The van der Waals surface area contributed by atoms with Crippen molar-refractivity contribution < 1.29 is 13.6 Å². The number of nitrogens with zero attached hydrogens (tertiary/aromatic N) is 4. The third-order valence-corrected chi connectivity index (χ3v) is 5.09. The number of hydrogen-bond donors (Lipinski definition) is 1. The van der Waals surface area contributed by atoms with Crippen LogP contribution in [0.5, 0.6) is 0 Å². The number of carbonyl (C=O) groups is 1. The summed E-state index contributed by atoms with van der Waals surface area (Å²) in [5.74, 6) is 0.0562. The number of hydrogen-bond acceptors (Lipinski definition) is 3. The molecule has 1 N–H and O–H groups in total. The summed E-state index contributed by atoms with van der Waals surface area (Å²) < 4.78 is 29.7. The van der Waals surface area contributed by atoms with Gasteiger partial charge in [-0.3, -0.25) is 0 Å². The van der Waals surface area contributed by atoms with E-state index in [2.05, 4.69) is 15.3 Å². The van der Waals surface area contributed by atoms with Crippen molar-refractivity contribution in [3.8, 4) is 0 Å². The second-order valence-electron chi connectivity index (χ2n) is 6.65. The van der Waals surface area contributed by atoms with E-state index in [1.165, 1.54) is 12.1 Å². The van der Waals surface area contributed by atoms with Crippen molar-refractivity contribution in [3.05, 3.63) is 47.7 Å². The van der Waals surface area contributed by atoms with Crippen LogP contribution in [-0.4, -0.2) is 46.9 Å². The topological polar surface area (TPSA) is 53.4 Å². The molecule has 2 fully saturated rings. The molecule has 2 aromatic rings. The Morgan fingerprint density at radius 2 is 2.08 bits per heavy atom. The van der Waals surface area contributed by atoms with Crippen molar-refractivity contribution in [1.82, 2.24) is 20.0 Å². The molecule has 8 heteroatoms. The zero-order valence-corrected chi connectivity index (χ0v) is 14.4. The highest BCUT2D eigenvalue weighted by Gasteiger charge is 2.31. The number of carbonyl (C=O) groups excluding carboxylic acids is 1. The zero-order valence-electron chi connectivity index (χ0n) is 14.4. The van der Waals surface area contributed by atoms with E-state index >= 15 is 0 Å². The summed E-state index contributed by atoms with van der Waals surface area (Å²) in [6, 6.07) is 5.23. The number of nitrogens with one attached hydrogen (secondary N) is 1. The van der Waals surface area contributed by atoms with E-state index in [0.29, 0.717) is 31.7 Å². The van der Waals surface area contributed by atoms with E-state index in [-0.39, 0.29) is 17.9 Å². The molecule has 0 saturated carbocycles. The maximum Gasteiger partial charge on any atom is 0.317 e. The van der Waals surface area contributed by atoms with Crippen LogP contribution in [0, 0.1) is 11.6 Å². The van der Waals surface area contributed by atoms with Gasteiger partial charge in [0, 0.05) is 37.8 Å². The van der Waals surface area contributed by atoms with Gasteiger partial charge in [0.05, 0.1) is 18.8 Å². The first kappa shape index (κ1) is 16.8. The molecule has 2 aliphatic heterocycles. The van der Waals surface area contributed by atoms with Crippen molar-refractivity contribution in [1.29, 1.82) is 0 Å². The minimum Gasteiger partial charge on any atom is -0.350 e. The molecule has 1 unspecified atom stereocenters. The maximum atomic E-state index is 14.3. The first-order valence-corrected chi connectivity index (χ1v) is 8.89. The van der Waals surface area contributed by atoms with Crippen molar-refractivity contribution in [3.63, 3.8) is 0 Å².